The van der Waals surface area contributed by atoms with E-state index in [4.69, 9.17) is 0 Å². The molecule has 0 spiro atoms. The number of nitrogens with zero attached hydrogens (tertiary/aromatic N) is 3. The monoisotopic (exact) mass is 303 g/mol. The highest BCUT2D eigenvalue weighted by atomic mass is 16.2. The highest BCUT2D eigenvalue weighted by Crippen LogP contribution is 2.20. The Kier molecular flexibility index (Phi) is 4.50. The molecule has 7 heteroatoms. The first kappa shape index (κ1) is 14.7. The molecule has 2 aliphatic heterocycles. The number of carbonyl (C=O) groups is 2. The van der Waals surface area contributed by atoms with Crippen LogP contribution >= 0.6 is 0 Å². The zero-order valence-corrected chi connectivity index (χ0v) is 12.5. The van der Waals surface area contributed by atoms with E-state index < -0.39 is 6.04 Å². The molecule has 22 heavy (non-hydrogen) atoms. The number of carbonyl (C=O) groups excluding carboxylic acids is 2. The predicted octanol–water partition coefficient (Wildman–Crippen LogP) is 1.07. The highest BCUT2D eigenvalue weighted by Gasteiger charge is 2.26. The second-order valence-electron chi connectivity index (χ2n) is 5.81. The van der Waals surface area contributed by atoms with Crippen LogP contribution in [0.2, 0.25) is 0 Å². The first-order valence-corrected chi connectivity index (χ1v) is 7.89. The third-order valence-corrected chi connectivity index (χ3v) is 4.14. The molecule has 118 valence electrons. The second kappa shape index (κ2) is 6.72. The summed E-state index contributed by atoms with van der Waals surface area (Å²) < 4.78 is 0. The number of piperidine rings is 1. The lowest BCUT2D eigenvalue weighted by atomic mass is 10.1. The number of rotatable bonds is 3. The van der Waals surface area contributed by atoms with Gasteiger partial charge in [-0.05, 0) is 19.3 Å². The summed E-state index contributed by atoms with van der Waals surface area (Å²) in [5.74, 6) is 1.03. The summed E-state index contributed by atoms with van der Waals surface area (Å²) in [6.07, 6.45) is 7.27. The first-order chi connectivity index (χ1) is 10.7. The molecule has 2 amide bonds. The van der Waals surface area contributed by atoms with E-state index in [-0.39, 0.29) is 11.8 Å². The van der Waals surface area contributed by atoms with Crippen LogP contribution in [0.5, 0.6) is 0 Å². The van der Waals surface area contributed by atoms with E-state index in [1.54, 1.807) is 0 Å². The minimum absolute atomic E-state index is 0.212. The fourth-order valence-corrected chi connectivity index (χ4v) is 2.91. The number of aromatic nitrogens is 2. The van der Waals surface area contributed by atoms with Crippen molar-refractivity contribution in [2.75, 3.05) is 23.3 Å². The van der Waals surface area contributed by atoms with Crippen molar-refractivity contribution in [3.8, 4) is 0 Å². The topological polar surface area (TPSA) is 87.2 Å². The van der Waals surface area contributed by atoms with Gasteiger partial charge in [-0.3, -0.25) is 14.9 Å². The average molecular weight is 303 g/mol. The molecule has 0 aromatic carbocycles. The third-order valence-electron chi connectivity index (χ3n) is 4.14. The normalized spacial score (nSPS) is 22.9. The summed E-state index contributed by atoms with van der Waals surface area (Å²) in [4.78, 5) is 33.8. The van der Waals surface area contributed by atoms with E-state index in [1.807, 2.05) is 6.07 Å². The van der Waals surface area contributed by atoms with Crippen molar-refractivity contribution < 1.29 is 9.59 Å². The largest absolute Gasteiger partial charge is 0.358 e. The van der Waals surface area contributed by atoms with Crippen LogP contribution in [0, 0.1) is 0 Å². The molecule has 1 aromatic heterocycles. The molecular formula is C15H21N5O2. The third kappa shape index (κ3) is 3.52. The van der Waals surface area contributed by atoms with Gasteiger partial charge in [-0.1, -0.05) is 12.8 Å². The molecule has 1 atom stereocenters. The maximum atomic E-state index is 11.8. The van der Waals surface area contributed by atoms with Gasteiger partial charge in [0.15, 0.2) is 0 Å². The average Bonchev–Trinajstić information content (AvgIpc) is 2.80. The van der Waals surface area contributed by atoms with E-state index in [0.717, 1.165) is 18.9 Å². The maximum Gasteiger partial charge on any atom is 0.249 e. The number of anilines is 2. The Balaban J connectivity index is 1.68. The standard InChI is InChI=1S/C15H21N5O2/c21-14-6-5-11(15(22)19-14)18-12-9-13(17-10-16-12)20-7-3-1-2-4-8-20/h9-11H,1-8H2,(H,16,17,18)(H,19,21,22). The molecule has 2 aliphatic rings. The van der Waals surface area contributed by atoms with Crippen LogP contribution < -0.4 is 15.5 Å². The number of imide groups is 1. The first-order valence-electron chi connectivity index (χ1n) is 7.89. The molecular weight excluding hydrogens is 282 g/mol. The van der Waals surface area contributed by atoms with E-state index >= 15 is 0 Å². The van der Waals surface area contributed by atoms with Crippen LogP contribution in [0.15, 0.2) is 12.4 Å². The van der Waals surface area contributed by atoms with Crippen molar-refractivity contribution in [3.05, 3.63) is 12.4 Å². The zero-order chi connectivity index (χ0) is 15.4. The van der Waals surface area contributed by atoms with Gasteiger partial charge in [0.1, 0.15) is 24.0 Å². The molecule has 0 bridgehead atoms. The Labute approximate surface area is 129 Å². The van der Waals surface area contributed by atoms with Gasteiger partial charge in [-0.25, -0.2) is 9.97 Å². The van der Waals surface area contributed by atoms with Gasteiger partial charge >= 0.3 is 0 Å². The van der Waals surface area contributed by atoms with Gasteiger partial charge < -0.3 is 10.2 Å². The fourth-order valence-electron chi connectivity index (χ4n) is 2.91. The van der Waals surface area contributed by atoms with Crippen molar-refractivity contribution in [2.24, 2.45) is 0 Å². The Morgan fingerprint density at radius 2 is 1.91 bits per heavy atom. The minimum atomic E-state index is -0.412. The number of hydrogen-bond acceptors (Lipinski definition) is 6. The van der Waals surface area contributed by atoms with Gasteiger partial charge in [0, 0.05) is 25.6 Å². The van der Waals surface area contributed by atoms with Gasteiger partial charge in [-0.15, -0.1) is 0 Å². The quantitative estimate of drug-likeness (QED) is 0.812. The lowest BCUT2D eigenvalue weighted by molar-refractivity contribution is -0.133. The van der Waals surface area contributed by atoms with Crippen LogP contribution in [-0.2, 0) is 9.59 Å². The van der Waals surface area contributed by atoms with Crippen molar-refractivity contribution in [1.82, 2.24) is 15.3 Å². The van der Waals surface area contributed by atoms with Gasteiger partial charge in [0.25, 0.3) is 0 Å². The van der Waals surface area contributed by atoms with E-state index in [1.165, 1.54) is 32.0 Å². The summed E-state index contributed by atoms with van der Waals surface area (Å²) in [6.45, 7) is 2.02. The maximum absolute atomic E-state index is 11.8. The Bertz CT molecular complexity index is 555. The Morgan fingerprint density at radius 3 is 2.64 bits per heavy atom. The summed E-state index contributed by atoms with van der Waals surface area (Å²) >= 11 is 0. The smallest absolute Gasteiger partial charge is 0.249 e. The van der Waals surface area contributed by atoms with Crippen LogP contribution in [0.25, 0.3) is 0 Å². The van der Waals surface area contributed by atoms with E-state index in [9.17, 15) is 9.59 Å². The summed E-state index contributed by atoms with van der Waals surface area (Å²) in [6, 6.07) is 1.47. The Morgan fingerprint density at radius 1 is 1.14 bits per heavy atom. The lowest BCUT2D eigenvalue weighted by Gasteiger charge is -2.24. The SMILES string of the molecule is O=C1CCC(Nc2cc(N3CCCCCC3)ncn2)C(=O)N1. The van der Waals surface area contributed by atoms with Crippen molar-refractivity contribution in [2.45, 2.75) is 44.6 Å². The molecule has 3 rings (SSSR count). The van der Waals surface area contributed by atoms with E-state index in [2.05, 4.69) is 25.5 Å². The molecule has 0 radical (unpaired) electrons. The summed E-state index contributed by atoms with van der Waals surface area (Å²) in [7, 11) is 0. The highest BCUT2D eigenvalue weighted by molar-refractivity contribution is 6.01. The molecule has 2 fully saturated rings. The molecule has 0 aliphatic carbocycles. The Hall–Kier alpha value is -2.18. The second-order valence-corrected chi connectivity index (χ2v) is 5.81. The summed E-state index contributed by atoms with van der Waals surface area (Å²) in [5, 5.41) is 5.45. The molecule has 0 saturated carbocycles. The number of amides is 2. The summed E-state index contributed by atoms with van der Waals surface area (Å²) in [5.41, 5.74) is 0. The van der Waals surface area contributed by atoms with E-state index in [0.29, 0.717) is 18.7 Å². The number of nitrogens with one attached hydrogen (secondary N) is 2. The van der Waals surface area contributed by atoms with Crippen LogP contribution in [0.4, 0.5) is 11.6 Å². The predicted molar refractivity (Wildman–Crippen MR) is 82.5 cm³/mol. The van der Waals surface area contributed by atoms with Gasteiger partial charge in [0.2, 0.25) is 11.8 Å². The van der Waals surface area contributed by atoms with Crippen molar-refractivity contribution >= 4 is 23.5 Å². The number of hydrogen-bond donors (Lipinski definition) is 2. The fraction of sp³-hybridized carbons (Fsp3) is 0.600. The molecule has 2 saturated heterocycles. The lowest BCUT2D eigenvalue weighted by Crippen LogP contribution is -2.47. The molecule has 2 N–H and O–H groups in total. The van der Waals surface area contributed by atoms with Crippen LogP contribution in [0.3, 0.4) is 0 Å². The van der Waals surface area contributed by atoms with Crippen LogP contribution in [0.1, 0.15) is 38.5 Å². The molecule has 1 unspecified atom stereocenters. The minimum Gasteiger partial charge on any atom is -0.358 e. The molecule has 7 nitrogen and oxygen atoms in total. The zero-order valence-electron chi connectivity index (χ0n) is 12.5. The van der Waals surface area contributed by atoms with Gasteiger partial charge in [0.05, 0.1) is 0 Å². The van der Waals surface area contributed by atoms with Crippen molar-refractivity contribution in [1.29, 1.82) is 0 Å². The van der Waals surface area contributed by atoms with Gasteiger partial charge in [-0.2, -0.15) is 0 Å². The van der Waals surface area contributed by atoms with Crippen LogP contribution in [-0.4, -0.2) is 40.9 Å². The molecule has 1 aromatic rings. The molecule has 3 heterocycles. The van der Waals surface area contributed by atoms with Crippen molar-refractivity contribution in [3.63, 3.8) is 0 Å².